The molecule has 5 heteroatoms. The number of hydrogen-bond acceptors (Lipinski definition) is 2. The van der Waals surface area contributed by atoms with Gasteiger partial charge in [-0.25, -0.2) is 0 Å². The summed E-state index contributed by atoms with van der Waals surface area (Å²) in [5.41, 5.74) is 6.19. The van der Waals surface area contributed by atoms with E-state index in [0.29, 0.717) is 5.56 Å². The van der Waals surface area contributed by atoms with E-state index in [-0.39, 0.29) is 11.6 Å². The van der Waals surface area contributed by atoms with Crippen LogP contribution in [0.4, 0.5) is 13.2 Å². The lowest BCUT2D eigenvalue weighted by Gasteiger charge is -2.11. The average Bonchev–Trinajstić information content (AvgIpc) is 2.86. The molecule has 1 aromatic heterocycles. The highest BCUT2D eigenvalue weighted by molar-refractivity contribution is 7.15. The molecule has 1 unspecified atom stereocenters. The normalized spacial score (nSPS) is 13.5. The van der Waals surface area contributed by atoms with Crippen molar-refractivity contribution < 1.29 is 13.2 Å². The zero-order valence-electron chi connectivity index (χ0n) is 11.3. The molecule has 2 N–H and O–H groups in total. The number of halogens is 3. The molecule has 0 aliphatic rings. The Hall–Kier alpha value is -1.33. The summed E-state index contributed by atoms with van der Waals surface area (Å²) in [4.78, 5) is 1.81. The first-order valence-electron chi connectivity index (χ1n) is 6.36. The van der Waals surface area contributed by atoms with Crippen molar-refractivity contribution in [2.45, 2.75) is 32.5 Å². The Bertz CT molecular complexity index is 601. The van der Waals surface area contributed by atoms with Gasteiger partial charge in [0.1, 0.15) is 0 Å². The fourth-order valence-corrected chi connectivity index (χ4v) is 3.08. The van der Waals surface area contributed by atoms with Crippen molar-refractivity contribution in [3.63, 3.8) is 0 Å². The maximum Gasteiger partial charge on any atom is 0.416 e. The number of thiophene rings is 1. The highest BCUT2D eigenvalue weighted by Gasteiger charge is 2.32. The molecular formula is C15H16F3NS. The molecule has 0 bridgehead atoms. The van der Waals surface area contributed by atoms with Crippen LogP contribution in [0, 0.1) is 6.92 Å². The fourth-order valence-electron chi connectivity index (χ4n) is 1.99. The summed E-state index contributed by atoms with van der Waals surface area (Å²) in [6.07, 6.45) is -3.51. The lowest BCUT2D eigenvalue weighted by atomic mass is 10.0. The molecule has 0 aliphatic carbocycles. The van der Waals surface area contributed by atoms with Crippen molar-refractivity contribution in [2.75, 3.05) is 0 Å². The Morgan fingerprint density at radius 1 is 1.20 bits per heavy atom. The number of hydrogen-bond donors (Lipinski definition) is 1. The van der Waals surface area contributed by atoms with Gasteiger partial charge < -0.3 is 5.73 Å². The third-order valence-corrected chi connectivity index (χ3v) is 4.53. The molecule has 1 atom stereocenters. The van der Waals surface area contributed by atoms with E-state index in [1.807, 2.05) is 19.1 Å². The summed E-state index contributed by atoms with van der Waals surface area (Å²) in [6.45, 7) is 3.46. The minimum Gasteiger partial charge on any atom is -0.323 e. The van der Waals surface area contributed by atoms with Crippen LogP contribution in [0.2, 0.25) is 0 Å². The summed E-state index contributed by atoms with van der Waals surface area (Å²) in [7, 11) is 0. The van der Waals surface area contributed by atoms with E-state index in [0.717, 1.165) is 16.2 Å². The monoisotopic (exact) mass is 299 g/mol. The molecule has 2 aromatic rings. The van der Waals surface area contributed by atoms with Crippen LogP contribution in [0.15, 0.2) is 30.3 Å². The Morgan fingerprint density at radius 3 is 2.50 bits per heavy atom. The molecule has 1 nitrogen and oxygen atoms in total. The van der Waals surface area contributed by atoms with E-state index >= 15 is 0 Å². The van der Waals surface area contributed by atoms with Crippen LogP contribution < -0.4 is 5.73 Å². The van der Waals surface area contributed by atoms with Gasteiger partial charge in [-0.3, -0.25) is 0 Å². The Labute approximate surface area is 120 Å². The molecule has 0 aliphatic heterocycles. The number of aryl methyl sites for hydroxylation is 1. The molecule has 0 saturated carbocycles. The third-order valence-electron chi connectivity index (χ3n) is 3.26. The van der Waals surface area contributed by atoms with E-state index in [1.54, 1.807) is 6.07 Å². The Kier molecular flexibility index (Phi) is 4.20. The SMILES string of the molecule is CCC(N)c1ccc(-c2ccc(C)c(C(F)(F)F)c2)s1. The molecule has 0 spiro atoms. The Balaban J connectivity index is 2.41. The summed E-state index contributed by atoms with van der Waals surface area (Å²) >= 11 is 1.45. The summed E-state index contributed by atoms with van der Waals surface area (Å²) < 4.78 is 38.7. The van der Waals surface area contributed by atoms with Crippen molar-refractivity contribution in [1.29, 1.82) is 0 Å². The van der Waals surface area contributed by atoms with E-state index in [2.05, 4.69) is 0 Å². The quantitative estimate of drug-likeness (QED) is 0.833. The topological polar surface area (TPSA) is 26.0 Å². The fraction of sp³-hybridized carbons (Fsp3) is 0.333. The van der Waals surface area contributed by atoms with Crippen molar-refractivity contribution in [2.24, 2.45) is 5.73 Å². The van der Waals surface area contributed by atoms with Gasteiger partial charge in [0, 0.05) is 15.8 Å². The van der Waals surface area contributed by atoms with Gasteiger partial charge in [-0.2, -0.15) is 13.2 Å². The average molecular weight is 299 g/mol. The molecule has 0 amide bonds. The first-order valence-corrected chi connectivity index (χ1v) is 7.18. The van der Waals surface area contributed by atoms with Crippen LogP contribution >= 0.6 is 11.3 Å². The molecule has 1 aromatic carbocycles. The second-order valence-electron chi connectivity index (χ2n) is 4.74. The number of alkyl halides is 3. The van der Waals surface area contributed by atoms with Gasteiger partial charge >= 0.3 is 6.18 Å². The lowest BCUT2D eigenvalue weighted by molar-refractivity contribution is -0.138. The van der Waals surface area contributed by atoms with Crippen LogP contribution in [0.5, 0.6) is 0 Å². The van der Waals surface area contributed by atoms with Gasteiger partial charge in [-0.15, -0.1) is 11.3 Å². The van der Waals surface area contributed by atoms with Gasteiger partial charge in [0.2, 0.25) is 0 Å². The van der Waals surface area contributed by atoms with Crippen LogP contribution in [0.1, 0.15) is 35.4 Å². The summed E-state index contributed by atoms with van der Waals surface area (Å²) in [5, 5.41) is 0. The molecule has 0 fully saturated rings. The largest absolute Gasteiger partial charge is 0.416 e. The molecule has 0 saturated heterocycles. The van der Waals surface area contributed by atoms with Crippen molar-refractivity contribution >= 4 is 11.3 Å². The molecule has 0 radical (unpaired) electrons. The highest BCUT2D eigenvalue weighted by atomic mass is 32.1. The Morgan fingerprint density at radius 2 is 1.90 bits per heavy atom. The molecule has 2 rings (SSSR count). The summed E-state index contributed by atoms with van der Waals surface area (Å²) in [5.74, 6) is 0. The molecule has 20 heavy (non-hydrogen) atoms. The highest BCUT2D eigenvalue weighted by Crippen LogP contribution is 2.37. The molecule has 108 valence electrons. The van der Waals surface area contributed by atoms with Crippen LogP contribution in [0.3, 0.4) is 0 Å². The van der Waals surface area contributed by atoms with E-state index in [9.17, 15) is 13.2 Å². The van der Waals surface area contributed by atoms with Gasteiger partial charge in [-0.05, 0) is 42.7 Å². The number of benzene rings is 1. The number of nitrogens with two attached hydrogens (primary N) is 1. The first kappa shape index (κ1) is 15.1. The van der Waals surface area contributed by atoms with Gasteiger partial charge in [0.25, 0.3) is 0 Å². The maximum absolute atomic E-state index is 12.9. The minimum absolute atomic E-state index is 0.0544. The second kappa shape index (κ2) is 5.58. The molecule has 1 heterocycles. The van der Waals surface area contributed by atoms with Gasteiger partial charge in [0.05, 0.1) is 5.56 Å². The van der Waals surface area contributed by atoms with Gasteiger partial charge in [0.15, 0.2) is 0 Å². The number of rotatable bonds is 3. The minimum atomic E-state index is -4.32. The van der Waals surface area contributed by atoms with Crippen LogP contribution in [-0.4, -0.2) is 0 Å². The predicted octanol–water partition coefficient (Wildman–Crippen LogP) is 5.15. The standard InChI is InChI=1S/C15H16F3NS/c1-3-12(19)14-7-6-13(20-14)10-5-4-9(2)11(8-10)15(16,17)18/h4-8,12H,3,19H2,1-2H3. The van der Waals surface area contributed by atoms with E-state index < -0.39 is 11.7 Å². The van der Waals surface area contributed by atoms with E-state index in [4.69, 9.17) is 5.73 Å². The third kappa shape index (κ3) is 3.04. The van der Waals surface area contributed by atoms with Crippen molar-refractivity contribution in [3.05, 3.63) is 46.3 Å². The smallest absolute Gasteiger partial charge is 0.323 e. The molecular weight excluding hydrogens is 283 g/mol. The van der Waals surface area contributed by atoms with Crippen LogP contribution in [-0.2, 0) is 6.18 Å². The zero-order valence-corrected chi connectivity index (χ0v) is 12.1. The van der Waals surface area contributed by atoms with Crippen molar-refractivity contribution in [1.82, 2.24) is 0 Å². The van der Waals surface area contributed by atoms with E-state index in [1.165, 1.54) is 30.4 Å². The maximum atomic E-state index is 12.9. The lowest BCUT2D eigenvalue weighted by Crippen LogP contribution is -2.07. The first-order chi connectivity index (χ1) is 9.32. The zero-order chi connectivity index (χ0) is 14.9. The van der Waals surface area contributed by atoms with Gasteiger partial charge in [-0.1, -0.05) is 19.1 Å². The van der Waals surface area contributed by atoms with Crippen molar-refractivity contribution in [3.8, 4) is 10.4 Å². The second-order valence-corrected chi connectivity index (χ2v) is 5.86. The predicted molar refractivity (Wildman–Crippen MR) is 76.7 cm³/mol. The summed E-state index contributed by atoms with van der Waals surface area (Å²) in [6, 6.07) is 8.11. The van der Waals surface area contributed by atoms with Crippen LogP contribution in [0.25, 0.3) is 10.4 Å².